The number of sulfonamides is 1. The summed E-state index contributed by atoms with van der Waals surface area (Å²) in [5.41, 5.74) is 1.07. The second-order valence-electron chi connectivity index (χ2n) is 7.64. The molecule has 0 bridgehead atoms. The Morgan fingerprint density at radius 3 is 2.38 bits per heavy atom. The van der Waals surface area contributed by atoms with Crippen LogP contribution >= 0.6 is 23.2 Å². The normalized spacial score (nSPS) is 13.7. The number of hydrogen-bond donors (Lipinski definition) is 1. The molecule has 0 aromatic heterocycles. The van der Waals surface area contributed by atoms with Gasteiger partial charge in [0.25, 0.3) is 10.0 Å². The first-order chi connectivity index (χ1) is 16.2. The highest BCUT2D eigenvalue weighted by molar-refractivity contribution is 7.92. The van der Waals surface area contributed by atoms with Crippen LogP contribution in [0.1, 0.15) is 18.5 Å². The molecule has 7 nitrogen and oxygen atoms in total. The van der Waals surface area contributed by atoms with Gasteiger partial charge in [0.1, 0.15) is 19.8 Å². The number of carbonyl (C=O) groups excluding carboxylic acids is 1. The molecule has 3 aromatic rings. The molecule has 0 unspecified atom stereocenters. The fourth-order valence-electron chi connectivity index (χ4n) is 3.51. The van der Waals surface area contributed by atoms with E-state index >= 15 is 0 Å². The highest BCUT2D eigenvalue weighted by atomic mass is 35.5. The van der Waals surface area contributed by atoms with Gasteiger partial charge in [-0.15, -0.1) is 0 Å². The van der Waals surface area contributed by atoms with Gasteiger partial charge in [-0.3, -0.25) is 9.10 Å². The number of benzene rings is 3. The van der Waals surface area contributed by atoms with Gasteiger partial charge >= 0.3 is 0 Å². The molecular weight excluding hydrogens is 499 g/mol. The van der Waals surface area contributed by atoms with Crippen LogP contribution in [0.2, 0.25) is 10.0 Å². The summed E-state index contributed by atoms with van der Waals surface area (Å²) in [6, 6.07) is 17.1. The molecule has 34 heavy (non-hydrogen) atoms. The third-order valence-electron chi connectivity index (χ3n) is 5.23. The van der Waals surface area contributed by atoms with Gasteiger partial charge < -0.3 is 14.8 Å². The summed E-state index contributed by atoms with van der Waals surface area (Å²) >= 11 is 12.0. The van der Waals surface area contributed by atoms with Crippen LogP contribution in [-0.4, -0.2) is 34.1 Å². The number of anilines is 1. The van der Waals surface area contributed by atoms with Gasteiger partial charge in [-0.25, -0.2) is 8.42 Å². The van der Waals surface area contributed by atoms with E-state index in [9.17, 15) is 13.2 Å². The number of fused-ring (bicyclic) bond motifs is 1. The minimum absolute atomic E-state index is 0.00422. The molecule has 1 aliphatic heterocycles. The lowest BCUT2D eigenvalue weighted by Gasteiger charge is -2.25. The molecule has 4 rings (SSSR count). The number of nitrogens with one attached hydrogen (secondary N) is 1. The summed E-state index contributed by atoms with van der Waals surface area (Å²) in [4.78, 5) is 13.0. The van der Waals surface area contributed by atoms with E-state index in [0.29, 0.717) is 34.8 Å². The van der Waals surface area contributed by atoms with Crippen LogP contribution < -0.4 is 19.1 Å². The number of ether oxygens (including phenoxy) is 2. The van der Waals surface area contributed by atoms with Crippen LogP contribution in [0.4, 0.5) is 5.69 Å². The van der Waals surface area contributed by atoms with Gasteiger partial charge in [0, 0.05) is 10.0 Å². The molecule has 1 atom stereocenters. The molecule has 0 fully saturated rings. The van der Waals surface area contributed by atoms with Gasteiger partial charge in [-0.05, 0) is 67.1 Å². The van der Waals surface area contributed by atoms with Crippen molar-refractivity contribution >= 4 is 44.8 Å². The minimum Gasteiger partial charge on any atom is -0.486 e. The van der Waals surface area contributed by atoms with Gasteiger partial charge in [-0.1, -0.05) is 35.3 Å². The van der Waals surface area contributed by atoms with E-state index in [2.05, 4.69) is 5.32 Å². The van der Waals surface area contributed by atoms with E-state index in [1.807, 2.05) is 6.07 Å². The maximum atomic E-state index is 13.4. The predicted molar refractivity (Wildman–Crippen MR) is 131 cm³/mol. The third-order valence-corrected chi connectivity index (χ3v) is 7.50. The lowest BCUT2D eigenvalue weighted by Crippen LogP contribution is -2.41. The van der Waals surface area contributed by atoms with Crippen molar-refractivity contribution in [2.24, 2.45) is 0 Å². The molecule has 0 radical (unpaired) electrons. The van der Waals surface area contributed by atoms with Crippen molar-refractivity contribution in [1.82, 2.24) is 5.32 Å². The standard InChI is InChI=1S/C24H22Cl2N2O5S/c1-16(17-5-10-22-23(13-17)33-12-11-32-22)27-24(29)15-28(20-4-2-3-19(26)14-20)34(30,31)21-8-6-18(25)7-9-21/h2-10,13-14,16H,11-12,15H2,1H3,(H,27,29)/t16-/m0/s1. The lowest BCUT2D eigenvalue weighted by atomic mass is 10.1. The molecule has 1 N–H and O–H groups in total. The van der Waals surface area contributed by atoms with Crippen molar-refractivity contribution < 1.29 is 22.7 Å². The quantitative estimate of drug-likeness (QED) is 0.481. The van der Waals surface area contributed by atoms with E-state index < -0.39 is 28.5 Å². The Labute approximate surface area is 208 Å². The Bertz CT molecular complexity index is 1300. The average molecular weight is 521 g/mol. The van der Waals surface area contributed by atoms with Crippen LogP contribution in [-0.2, 0) is 14.8 Å². The summed E-state index contributed by atoms with van der Waals surface area (Å²) in [5.74, 6) is 0.769. The highest BCUT2D eigenvalue weighted by Crippen LogP contribution is 2.33. The predicted octanol–water partition coefficient (Wildman–Crippen LogP) is 4.84. The smallest absolute Gasteiger partial charge is 0.264 e. The van der Waals surface area contributed by atoms with Crippen LogP contribution in [0, 0.1) is 0 Å². The van der Waals surface area contributed by atoms with Gasteiger partial charge in [0.2, 0.25) is 5.91 Å². The topological polar surface area (TPSA) is 84.9 Å². The number of hydrogen-bond acceptors (Lipinski definition) is 5. The van der Waals surface area contributed by atoms with Gasteiger partial charge in [0.05, 0.1) is 16.6 Å². The average Bonchev–Trinajstić information content (AvgIpc) is 2.82. The second-order valence-corrected chi connectivity index (χ2v) is 10.4. The lowest BCUT2D eigenvalue weighted by molar-refractivity contribution is -0.120. The molecular formula is C24H22Cl2N2O5S. The van der Waals surface area contributed by atoms with Crippen LogP contribution in [0.25, 0.3) is 0 Å². The Morgan fingerprint density at radius 1 is 0.971 bits per heavy atom. The molecule has 178 valence electrons. The molecule has 3 aromatic carbocycles. The maximum absolute atomic E-state index is 13.4. The zero-order chi connectivity index (χ0) is 24.3. The van der Waals surface area contributed by atoms with Crippen molar-refractivity contribution in [2.75, 3.05) is 24.1 Å². The first-order valence-corrected chi connectivity index (χ1v) is 12.7. The van der Waals surface area contributed by atoms with E-state index in [1.54, 1.807) is 37.3 Å². The summed E-state index contributed by atoms with van der Waals surface area (Å²) in [6.45, 7) is 2.30. The number of halogens is 2. The molecule has 1 aliphatic rings. The van der Waals surface area contributed by atoms with E-state index in [-0.39, 0.29) is 10.6 Å². The molecule has 0 spiro atoms. The fourth-order valence-corrected chi connectivity index (χ4v) is 5.23. The van der Waals surface area contributed by atoms with Crippen molar-refractivity contribution in [3.8, 4) is 11.5 Å². The van der Waals surface area contributed by atoms with E-state index in [4.69, 9.17) is 32.7 Å². The number of amides is 1. The van der Waals surface area contributed by atoms with Crippen LogP contribution in [0.5, 0.6) is 11.5 Å². The molecule has 10 heteroatoms. The highest BCUT2D eigenvalue weighted by Gasteiger charge is 2.28. The number of rotatable bonds is 7. The van der Waals surface area contributed by atoms with Gasteiger partial charge in [0.15, 0.2) is 11.5 Å². The maximum Gasteiger partial charge on any atom is 0.264 e. The van der Waals surface area contributed by atoms with Crippen molar-refractivity contribution in [3.63, 3.8) is 0 Å². The Kier molecular flexibility index (Phi) is 7.21. The zero-order valence-electron chi connectivity index (χ0n) is 18.2. The van der Waals surface area contributed by atoms with Gasteiger partial charge in [-0.2, -0.15) is 0 Å². The molecule has 1 heterocycles. The summed E-state index contributed by atoms with van der Waals surface area (Å²) < 4.78 is 39.0. The monoisotopic (exact) mass is 520 g/mol. The Hall–Kier alpha value is -2.94. The molecule has 0 aliphatic carbocycles. The van der Waals surface area contributed by atoms with E-state index in [0.717, 1.165) is 9.87 Å². The summed E-state index contributed by atoms with van der Waals surface area (Å²) in [5, 5.41) is 3.60. The SMILES string of the molecule is C[C@H](NC(=O)CN(c1cccc(Cl)c1)S(=O)(=O)c1ccc(Cl)cc1)c1ccc2c(c1)OCCO2. The second kappa shape index (κ2) is 10.1. The van der Waals surface area contributed by atoms with E-state index in [1.165, 1.54) is 30.3 Å². The minimum atomic E-state index is -4.08. The van der Waals surface area contributed by atoms with Crippen molar-refractivity contribution in [1.29, 1.82) is 0 Å². The van der Waals surface area contributed by atoms with Crippen molar-refractivity contribution in [3.05, 3.63) is 82.3 Å². The fraction of sp³-hybridized carbons (Fsp3) is 0.208. The summed E-state index contributed by atoms with van der Waals surface area (Å²) in [6.07, 6.45) is 0. The largest absolute Gasteiger partial charge is 0.486 e. The van der Waals surface area contributed by atoms with Crippen LogP contribution in [0.15, 0.2) is 71.6 Å². The Morgan fingerprint density at radius 2 is 1.68 bits per heavy atom. The molecule has 1 amide bonds. The molecule has 0 saturated carbocycles. The van der Waals surface area contributed by atoms with Crippen LogP contribution in [0.3, 0.4) is 0 Å². The molecule has 0 saturated heterocycles. The zero-order valence-corrected chi connectivity index (χ0v) is 20.5. The first kappa shape index (κ1) is 24.2. The Balaban J connectivity index is 1.57. The number of carbonyl (C=O) groups is 1. The van der Waals surface area contributed by atoms with Crippen molar-refractivity contribution in [2.45, 2.75) is 17.9 Å². The first-order valence-electron chi connectivity index (χ1n) is 10.5. The summed E-state index contributed by atoms with van der Waals surface area (Å²) in [7, 11) is -4.08. The third kappa shape index (κ3) is 5.41. The number of nitrogens with zero attached hydrogens (tertiary/aromatic N) is 1.